The van der Waals surface area contributed by atoms with Crippen molar-refractivity contribution in [3.05, 3.63) is 102 Å². The summed E-state index contributed by atoms with van der Waals surface area (Å²) in [4.78, 5) is 25.7. The van der Waals surface area contributed by atoms with Crippen LogP contribution in [0.5, 0.6) is 0 Å². The number of halogens is 3. The highest BCUT2D eigenvalue weighted by Gasteiger charge is 2.31. The first-order valence-corrected chi connectivity index (χ1v) is 11.3. The standard InChI is InChI=1S/C27H28F3N3O3/c1-26(2,3)36-25(35)33-23(19-12-8-5-9-13-19)22(18-10-6-4-7-11-18)32-24(34)31-21-16-14-20(15-17-21)27(28,29)30/h4-17,22-23H,1-3H3,(H,33,35)(H2,31,32,34). The number of ether oxygens (including phenoxy) is 1. The molecule has 3 N–H and O–H groups in total. The number of carbonyl (C=O) groups is 2. The minimum absolute atomic E-state index is 0.184. The fourth-order valence-corrected chi connectivity index (χ4v) is 3.52. The zero-order chi connectivity index (χ0) is 26.3. The van der Waals surface area contributed by atoms with Crippen LogP contribution < -0.4 is 16.0 Å². The van der Waals surface area contributed by atoms with Crippen LogP contribution in [0.4, 0.5) is 28.4 Å². The Labute approximate surface area is 207 Å². The van der Waals surface area contributed by atoms with Gasteiger partial charge in [0.2, 0.25) is 0 Å². The third-order valence-electron chi connectivity index (χ3n) is 5.08. The summed E-state index contributed by atoms with van der Waals surface area (Å²) in [7, 11) is 0. The average Bonchev–Trinajstić information content (AvgIpc) is 2.81. The van der Waals surface area contributed by atoms with E-state index < -0.39 is 41.5 Å². The lowest BCUT2D eigenvalue weighted by Crippen LogP contribution is -2.43. The van der Waals surface area contributed by atoms with Gasteiger partial charge in [0.05, 0.1) is 17.6 Å². The van der Waals surface area contributed by atoms with E-state index in [9.17, 15) is 22.8 Å². The van der Waals surface area contributed by atoms with Gasteiger partial charge in [-0.3, -0.25) is 0 Å². The van der Waals surface area contributed by atoms with Crippen LogP contribution in [-0.2, 0) is 10.9 Å². The topological polar surface area (TPSA) is 79.5 Å². The Hall–Kier alpha value is -4.01. The number of hydrogen-bond donors (Lipinski definition) is 3. The number of alkyl halides is 3. The van der Waals surface area contributed by atoms with Crippen LogP contribution in [0.3, 0.4) is 0 Å². The van der Waals surface area contributed by atoms with Gasteiger partial charge in [0.15, 0.2) is 0 Å². The van der Waals surface area contributed by atoms with Gasteiger partial charge in [0.1, 0.15) is 5.60 Å². The quantitative estimate of drug-likeness (QED) is 0.348. The first-order valence-electron chi connectivity index (χ1n) is 11.3. The monoisotopic (exact) mass is 499 g/mol. The third-order valence-corrected chi connectivity index (χ3v) is 5.08. The minimum Gasteiger partial charge on any atom is -0.444 e. The number of amides is 3. The summed E-state index contributed by atoms with van der Waals surface area (Å²) in [5, 5.41) is 8.26. The van der Waals surface area contributed by atoms with Gasteiger partial charge in [-0.05, 0) is 56.2 Å². The second-order valence-electron chi connectivity index (χ2n) is 9.10. The molecule has 0 aliphatic carbocycles. The number of rotatable bonds is 6. The zero-order valence-corrected chi connectivity index (χ0v) is 20.1. The molecular formula is C27H28F3N3O3. The largest absolute Gasteiger partial charge is 0.444 e. The van der Waals surface area contributed by atoms with Crippen LogP contribution in [0.15, 0.2) is 84.9 Å². The lowest BCUT2D eigenvalue weighted by atomic mass is 9.93. The molecule has 3 aromatic rings. The summed E-state index contributed by atoms with van der Waals surface area (Å²) in [6.07, 6.45) is -5.14. The first-order chi connectivity index (χ1) is 16.9. The molecule has 9 heteroatoms. The molecule has 0 bridgehead atoms. The van der Waals surface area contributed by atoms with E-state index in [1.807, 2.05) is 36.4 Å². The van der Waals surface area contributed by atoms with Gasteiger partial charge >= 0.3 is 18.3 Å². The predicted octanol–water partition coefficient (Wildman–Crippen LogP) is 6.83. The van der Waals surface area contributed by atoms with Gasteiger partial charge in [-0.25, -0.2) is 9.59 Å². The van der Waals surface area contributed by atoms with Crippen molar-refractivity contribution in [3.63, 3.8) is 0 Å². The van der Waals surface area contributed by atoms with Crippen LogP contribution >= 0.6 is 0 Å². The lowest BCUT2D eigenvalue weighted by Gasteiger charge is -2.31. The second kappa shape index (κ2) is 11.2. The Kier molecular flexibility index (Phi) is 8.24. The molecule has 0 radical (unpaired) electrons. The van der Waals surface area contributed by atoms with Crippen molar-refractivity contribution < 1.29 is 27.5 Å². The van der Waals surface area contributed by atoms with E-state index in [1.165, 1.54) is 12.1 Å². The molecule has 0 aliphatic rings. The molecule has 3 aromatic carbocycles. The Bertz CT molecular complexity index is 1150. The maximum atomic E-state index is 12.9. The van der Waals surface area contributed by atoms with Gasteiger partial charge < -0.3 is 20.7 Å². The molecule has 3 amide bonds. The molecule has 0 saturated carbocycles. The molecule has 0 spiro atoms. The van der Waals surface area contributed by atoms with Gasteiger partial charge in [-0.15, -0.1) is 0 Å². The van der Waals surface area contributed by atoms with Crippen molar-refractivity contribution in [2.24, 2.45) is 0 Å². The number of carbonyl (C=O) groups excluding carboxylic acids is 2. The van der Waals surface area contributed by atoms with E-state index in [-0.39, 0.29) is 5.69 Å². The molecule has 0 fully saturated rings. The van der Waals surface area contributed by atoms with E-state index in [2.05, 4.69) is 16.0 Å². The molecule has 2 atom stereocenters. The fourth-order valence-electron chi connectivity index (χ4n) is 3.52. The maximum absolute atomic E-state index is 12.9. The molecule has 0 heterocycles. The fraction of sp³-hybridized carbons (Fsp3) is 0.259. The SMILES string of the molecule is CC(C)(C)OC(=O)NC(c1ccccc1)C(NC(=O)Nc1ccc(C(F)(F)F)cc1)c1ccccc1. The molecule has 0 saturated heterocycles. The van der Waals surface area contributed by atoms with E-state index >= 15 is 0 Å². The van der Waals surface area contributed by atoms with Crippen molar-refractivity contribution in [1.82, 2.24) is 10.6 Å². The Morgan fingerprint density at radius 3 is 1.64 bits per heavy atom. The van der Waals surface area contributed by atoms with Crippen LogP contribution in [0, 0.1) is 0 Å². The predicted molar refractivity (Wildman–Crippen MR) is 131 cm³/mol. The normalized spacial score (nSPS) is 13.3. The smallest absolute Gasteiger partial charge is 0.416 e. The Morgan fingerprint density at radius 2 is 1.19 bits per heavy atom. The maximum Gasteiger partial charge on any atom is 0.416 e. The average molecular weight is 500 g/mol. The van der Waals surface area contributed by atoms with Crippen LogP contribution in [0.1, 0.15) is 49.5 Å². The van der Waals surface area contributed by atoms with Crippen molar-refractivity contribution in [1.29, 1.82) is 0 Å². The highest BCUT2D eigenvalue weighted by Crippen LogP contribution is 2.31. The summed E-state index contributed by atoms with van der Waals surface area (Å²) in [6.45, 7) is 5.23. The van der Waals surface area contributed by atoms with Crippen LogP contribution in [0.25, 0.3) is 0 Å². The summed E-state index contributed by atoms with van der Waals surface area (Å²) in [6, 6.07) is 20.1. The number of urea groups is 1. The van der Waals surface area contributed by atoms with E-state index in [0.29, 0.717) is 11.1 Å². The third kappa shape index (κ3) is 7.76. The zero-order valence-electron chi connectivity index (χ0n) is 20.1. The number of nitrogens with one attached hydrogen (secondary N) is 3. The van der Waals surface area contributed by atoms with Crippen molar-refractivity contribution >= 4 is 17.8 Å². The molecule has 36 heavy (non-hydrogen) atoms. The highest BCUT2D eigenvalue weighted by molar-refractivity contribution is 5.89. The highest BCUT2D eigenvalue weighted by atomic mass is 19.4. The Morgan fingerprint density at radius 1 is 0.722 bits per heavy atom. The minimum atomic E-state index is -4.48. The Balaban J connectivity index is 1.89. The number of hydrogen-bond acceptors (Lipinski definition) is 3. The number of benzene rings is 3. The van der Waals surface area contributed by atoms with Gasteiger partial charge in [-0.2, -0.15) is 13.2 Å². The van der Waals surface area contributed by atoms with Crippen LogP contribution in [-0.4, -0.2) is 17.7 Å². The van der Waals surface area contributed by atoms with Crippen LogP contribution in [0.2, 0.25) is 0 Å². The summed E-state index contributed by atoms with van der Waals surface area (Å²) in [5.41, 5.74) is 0.0445. The number of anilines is 1. The summed E-state index contributed by atoms with van der Waals surface area (Å²) in [5.74, 6) is 0. The lowest BCUT2D eigenvalue weighted by molar-refractivity contribution is -0.137. The molecular weight excluding hydrogens is 471 g/mol. The molecule has 0 aliphatic heterocycles. The van der Waals surface area contributed by atoms with Gasteiger partial charge in [0.25, 0.3) is 0 Å². The first kappa shape index (κ1) is 26.6. The molecule has 190 valence electrons. The van der Waals surface area contributed by atoms with E-state index in [0.717, 1.165) is 12.1 Å². The van der Waals surface area contributed by atoms with E-state index in [4.69, 9.17) is 4.74 Å². The second-order valence-corrected chi connectivity index (χ2v) is 9.10. The van der Waals surface area contributed by atoms with Gasteiger partial charge in [0, 0.05) is 5.69 Å². The van der Waals surface area contributed by atoms with Crippen molar-refractivity contribution in [2.45, 2.75) is 44.6 Å². The molecule has 0 aromatic heterocycles. The summed E-state index contributed by atoms with van der Waals surface area (Å²) < 4.78 is 44.0. The molecule has 6 nitrogen and oxygen atoms in total. The summed E-state index contributed by atoms with van der Waals surface area (Å²) >= 11 is 0. The van der Waals surface area contributed by atoms with Gasteiger partial charge in [-0.1, -0.05) is 60.7 Å². The number of alkyl carbamates (subject to hydrolysis) is 1. The molecule has 2 unspecified atom stereocenters. The molecule has 3 rings (SSSR count). The van der Waals surface area contributed by atoms with Crippen molar-refractivity contribution in [2.75, 3.05) is 5.32 Å². The van der Waals surface area contributed by atoms with E-state index in [1.54, 1.807) is 45.0 Å². The van der Waals surface area contributed by atoms with Crippen molar-refractivity contribution in [3.8, 4) is 0 Å².